The second-order valence-electron chi connectivity index (χ2n) is 5.20. The maximum absolute atomic E-state index is 5.13. The number of thiazole rings is 1. The minimum absolute atomic E-state index is 0.137. The lowest BCUT2D eigenvalue weighted by Gasteiger charge is -2.16. The quantitative estimate of drug-likeness (QED) is 0.919. The van der Waals surface area contributed by atoms with Crippen LogP contribution in [0.4, 0.5) is 0 Å². The van der Waals surface area contributed by atoms with Crippen LogP contribution >= 0.6 is 11.3 Å². The van der Waals surface area contributed by atoms with Crippen molar-refractivity contribution in [1.29, 1.82) is 0 Å². The van der Waals surface area contributed by atoms with E-state index in [-0.39, 0.29) is 6.04 Å². The summed E-state index contributed by atoms with van der Waals surface area (Å²) in [5.74, 6) is 0.644. The first kappa shape index (κ1) is 13.5. The fourth-order valence-electron chi connectivity index (χ4n) is 2.10. The van der Waals surface area contributed by atoms with Crippen molar-refractivity contribution < 1.29 is 4.74 Å². The second-order valence-corrected chi connectivity index (χ2v) is 6.44. The van der Waals surface area contributed by atoms with Crippen LogP contribution in [0.5, 0.6) is 5.88 Å². The molecule has 0 spiro atoms. The lowest BCUT2D eigenvalue weighted by atomic mass is 10.1. The zero-order valence-electron chi connectivity index (χ0n) is 12.0. The van der Waals surface area contributed by atoms with Gasteiger partial charge in [0.1, 0.15) is 5.01 Å². The first-order valence-electron chi connectivity index (χ1n) is 6.87. The van der Waals surface area contributed by atoms with Crippen LogP contribution < -0.4 is 10.1 Å². The first-order chi connectivity index (χ1) is 9.67. The summed E-state index contributed by atoms with van der Waals surface area (Å²) in [7, 11) is 1.63. The van der Waals surface area contributed by atoms with Crippen LogP contribution in [0.3, 0.4) is 0 Å². The number of hydrogen-bond donors (Lipinski definition) is 1. The van der Waals surface area contributed by atoms with E-state index in [0.29, 0.717) is 11.9 Å². The molecular weight excluding hydrogens is 270 g/mol. The molecule has 106 valence electrons. The lowest BCUT2D eigenvalue weighted by Crippen LogP contribution is -2.24. The number of methoxy groups -OCH3 is 1. The first-order valence-corrected chi connectivity index (χ1v) is 7.69. The molecule has 1 aliphatic rings. The molecule has 0 radical (unpaired) electrons. The van der Waals surface area contributed by atoms with Gasteiger partial charge < -0.3 is 10.1 Å². The van der Waals surface area contributed by atoms with Gasteiger partial charge in [-0.2, -0.15) is 0 Å². The summed E-state index contributed by atoms with van der Waals surface area (Å²) >= 11 is 1.76. The van der Waals surface area contributed by atoms with Gasteiger partial charge in [0, 0.05) is 23.2 Å². The van der Waals surface area contributed by atoms with Gasteiger partial charge in [-0.25, -0.2) is 9.97 Å². The molecule has 1 unspecified atom stereocenters. The summed E-state index contributed by atoms with van der Waals surface area (Å²) in [5, 5.41) is 4.79. The summed E-state index contributed by atoms with van der Waals surface area (Å²) in [5.41, 5.74) is 2.26. The van der Waals surface area contributed by atoms with E-state index in [1.165, 1.54) is 17.7 Å². The Hall–Kier alpha value is -1.46. The van der Waals surface area contributed by atoms with Gasteiger partial charge in [-0.3, -0.25) is 0 Å². The number of nitrogens with zero attached hydrogens (tertiary/aromatic N) is 2. The van der Waals surface area contributed by atoms with Crippen LogP contribution in [0.1, 0.15) is 40.0 Å². The number of pyridine rings is 1. The van der Waals surface area contributed by atoms with Crippen molar-refractivity contribution in [2.24, 2.45) is 0 Å². The van der Waals surface area contributed by atoms with Gasteiger partial charge in [0.05, 0.1) is 18.8 Å². The van der Waals surface area contributed by atoms with E-state index in [9.17, 15) is 0 Å². The minimum Gasteiger partial charge on any atom is -0.481 e. The summed E-state index contributed by atoms with van der Waals surface area (Å²) in [6.07, 6.45) is 4.39. The molecule has 20 heavy (non-hydrogen) atoms. The second kappa shape index (κ2) is 5.50. The SMILES string of the molecule is COc1ccc(C(NC2CC2)c2nc(C)c(C)s2)cn1. The van der Waals surface area contributed by atoms with Gasteiger partial charge in [-0.05, 0) is 32.3 Å². The van der Waals surface area contributed by atoms with Crippen molar-refractivity contribution in [3.63, 3.8) is 0 Å². The third kappa shape index (κ3) is 2.83. The standard InChI is InChI=1S/C15H19N3OS/c1-9-10(2)20-15(17-9)14(18-12-5-6-12)11-4-7-13(19-3)16-8-11/h4,7-8,12,14,18H,5-6H2,1-3H3. The molecule has 0 aromatic carbocycles. The summed E-state index contributed by atoms with van der Waals surface area (Å²) < 4.78 is 5.13. The van der Waals surface area contributed by atoms with Crippen LogP contribution in [0, 0.1) is 13.8 Å². The molecule has 0 saturated heterocycles. The van der Waals surface area contributed by atoms with Crippen molar-refractivity contribution in [2.75, 3.05) is 7.11 Å². The third-order valence-electron chi connectivity index (χ3n) is 3.57. The molecule has 1 aliphatic carbocycles. The van der Waals surface area contributed by atoms with Crippen LogP contribution in [0.15, 0.2) is 18.3 Å². The average molecular weight is 289 g/mol. The Morgan fingerprint density at radius 2 is 2.15 bits per heavy atom. The van der Waals surface area contributed by atoms with Crippen LogP contribution in [-0.2, 0) is 0 Å². The molecule has 2 aromatic heterocycles. The molecule has 1 N–H and O–H groups in total. The topological polar surface area (TPSA) is 47.0 Å². The zero-order chi connectivity index (χ0) is 14.1. The Bertz CT molecular complexity index is 570. The summed E-state index contributed by atoms with van der Waals surface area (Å²) in [6.45, 7) is 4.19. The van der Waals surface area contributed by atoms with Crippen LogP contribution in [0.25, 0.3) is 0 Å². The molecule has 1 fully saturated rings. The molecule has 0 bridgehead atoms. The fraction of sp³-hybridized carbons (Fsp3) is 0.467. The van der Waals surface area contributed by atoms with E-state index in [2.05, 4.69) is 30.2 Å². The van der Waals surface area contributed by atoms with Crippen molar-refractivity contribution in [3.05, 3.63) is 39.5 Å². The highest BCUT2D eigenvalue weighted by Gasteiger charge is 2.28. The van der Waals surface area contributed by atoms with Crippen LogP contribution in [0.2, 0.25) is 0 Å². The van der Waals surface area contributed by atoms with Crippen molar-refractivity contribution in [3.8, 4) is 5.88 Å². The van der Waals surface area contributed by atoms with E-state index in [0.717, 1.165) is 16.3 Å². The van der Waals surface area contributed by atoms with E-state index in [1.54, 1.807) is 18.4 Å². The van der Waals surface area contributed by atoms with Gasteiger partial charge in [-0.15, -0.1) is 11.3 Å². The molecule has 3 rings (SSSR count). The number of rotatable bonds is 5. The maximum atomic E-state index is 5.13. The van der Waals surface area contributed by atoms with Crippen molar-refractivity contribution in [2.45, 2.75) is 38.8 Å². The average Bonchev–Trinajstić information content (AvgIpc) is 3.22. The Balaban J connectivity index is 1.91. The molecule has 5 heteroatoms. The Kier molecular flexibility index (Phi) is 3.72. The minimum atomic E-state index is 0.137. The van der Waals surface area contributed by atoms with Crippen molar-refractivity contribution in [1.82, 2.24) is 15.3 Å². The number of hydrogen-bond acceptors (Lipinski definition) is 5. The Labute approximate surface area is 123 Å². The molecular formula is C15H19N3OS. The molecule has 2 aromatic rings. The molecule has 1 atom stereocenters. The molecule has 1 saturated carbocycles. The van der Waals surface area contributed by atoms with Gasteiger partial charge in [0.25, 0.3) is 0 Å². The third-order valence-corrected chi connectivity index (χ3v) is 4.71. The Morgan fingerprint density at radius 3 is 2.65 bits per heavy atom. The van der Waals surface area contributed by atoms with E-state index >= 15 is 0 Å². The van der Waals surface area contributed by atoms with Gasteiger partial charge in [0.2, 0.25) is 5.88 Å². The smallest absolute Gasteiger partial charge is 0.212 e. The predicted molar refractivity (Wildman–Crippen MR) is 80.4 cm³/mol. The number of ether oxygens (including phenoxy) is 1. The van der Waals surface area contributed by atoms with E-state index in [4.69, 9.17) is 9.72 Å². The fourth-order valence-corrected chi connectivity index (χ4v) is 3.11. The maximum Gasteiger partial charge on any atom is 0.212 e. The number of aryl methyl sites for hydroxylation is 2. The monoisotopic (exact) mass is 289 g/mol. The van der Waals surface area contributed by atoms with Gasteiger partial charge in [0.15, 0.2) is 0 Å². The van der Waals surface area contributed by atoms with Gasteiger partial charge in [-0.1, -0.05) is 6.07 Å². The molecule has 0 aliphatic heterocycles. The summed E-state index contributed by atoms with van der Waals surface area (Å²) in [6, 6.07) is 4.73. The number of nitrogens with one attached hydrogen (secondary N) is 1. The largest absolute Gasteiger partial charge is 0.481 e. The highest BCUT2D eigenvalue weighted by molar-refractivity contribution is 7.11. The highest BCUT2D eigenvalue weighted by Crippen LogP contribution is 2.32. The van der Waals surface area contributed by atoms with Gasteiger partial charge >= 0.3 is 0 Å². The predicted octanol–water partition coefficient (Wildman–Crippen LogP) is 3.00. The van der Waals surface area contributed by atoms with E-state index in [1.807, 2.05) is 12.3 Å². The molecule has 2 heterocycles. The zero-order valence-corrected chi connectivity index (χ0v) is 12.8. The Morgan fingerprint density at radius 1 is 1.35 bits per heavy atom. The number of aromatic nitrogens is 2. The normalized spacial score (nSPS) is 16.1. The van der Waals surface area contributed by atoms with Crippen molar-refractivity contribution >= 4 is 11.3 Å². The summed E-state index contributed by atoms with van der Waals surface area (Å²) in [4.78, 5) is 10.3. The molecule has 4 nitrogen and oxygen atoms in total. The highest BCUT2D eigenvalue weighted by atomic mass is 32.1. The van der Waals surface area contributed by atoms with Crippen LogP contribution in [-0.4, -0.2) is 23.1 Å². The lowest BCUT2D eigenvalue weighted by molar-refractivity contribution is 0.397. The van der Waals surface area contributed by atoms with E-state index < -0.39 is 0 Å². The molecule has 0 amide bonds.